The van der Waals surface area contributed by atoms with Crippen molar-refractivity contribution in [3.8, 4) is 0 Å². The van der Waals surface area contributed by atoms with E-state index in [1.54, 1.807) is 18.3 Å². The normalized spacial score (nSPS) is 21.1. The number of nitrogen functional groups attached to an aromatic ring is 1. The molecule has 2 rings (SSSR count). The van der Waals surface area contributed by atoms with E-state index in [0.29, 0.717) is 13.0 Å². The average molecular weight is 207 g/mol. The highest BCUT2D eigenvalue weighted by Crippen LogP contribution is 2.15. The lowest BCUT2D eigenvalue weighted by molar-refractivity contribution is -0.125. The summed E-state index contributed by atoms with van der Waals surface area (Å²) in [7, 11) is 0. The molecule has 1 unspecified atom stereocenters. The maximum absolute atomic E-state index is 11.7. The Hall–Kier alpha value is -1.78. The number of rotatable bonds is 1. The van der Waals surface area contributed by atoms with Crippen molar-refractivity contribution in [1.82, 2.24) is 9.88 Å². The van der Waals surface area contributed by atoms with Crippen LogP contribution in [0.5, 0.6) is 0 Å². The fourth-order valence-electron chi connectivity index (χ4n) is 1.79. The molecule has 0 bridgehead atoms. The van der Waals surface area contributed by atoms with Gasteiger partial charge in [-0.15, -0.1) is 0 Å². The standard InChI is InChI=1S/C10H13N3O2/c11-7-3-2-6-13(10(7)15)8-4-1-5-12-9(8)14/h2-3,6,8H,1,4-5,11H2,(H,12,14). The first-order valence-electron chi connectivity index (χ1n) is 4.94. The molecule has 0 radical (unpaired) electrons. The van der Waals surface area contributed by atoms with Gasteiger partial charge in [-0.3, -0.25) is 9.59 Å². The lowest BCUT2D eigenvalue weighted by atomic mass is 10.1. The van der Waals surface area contributed by atoms with E-state index in [9.17, 15) is 9.59 Å². The molecule has 0 aliphatic carbocycles. The topological polar surface area (TPSA) is 77.1 Å². The largest absolute Gasteiger partial charge is 0.394 e. The molecule has 1 aromatic rings. The van der Waals surface area contributed by atoms with Gasteiger partial charge in [0, 0.05) is 12.7 Å². The van der Waals surface area contributed by atoms with Crippen LogP contribution in [0.3, 0.4) is 0 Å². The van der Waals surface area contributed by atoms with Crippen LogP contribution >= 0.6 is 0 Å². The summed E-state index contributed by atoms with van der Waals surface area (Å²) < 4.78 is 1.41. The smallest absolute Gasteiger partial charge is 0.274 e. The van der Waals surface area contributed by atoms with Gasteiger partial charge in [0.15, 0.2) is 0 Å². The first-order chi connectivity index (χ1) is 7.20. The summed E-state index contributed by atoms with van der Waals surface area (Å²) >= 11 is 0. The molecule has 2 heterocycles. The maximum atomic E-state index is 11.7. The number of nitrogens with one attached hydrogen (secondary N) is 1. The fourth-order valence-corrected chi connectivity index (χ4v) is 1.79. The second-order valence-corrected chi connectivity index (χ2v) is 3.63. The van der Waals surface area contributed by atoms with E-state index >= 15 is 0 Å². The van der Waals surface area contributed by atoms with Crippen molar-refractivity contribution in [2.24, 2.45) is 0 Å². The van der Waals surface area contributed by atoms with Crippen LogP contribution in [0.1, 0.15) is 18.9 Å². The molecule has 1 aliphatic heterocycles. The molecule has 3 N–H and O–H groups in total. The minimum Gasteiger partial charge on any atom is -0.394 e. The summed E-state index contributed by atoms with van der Waals surface area (Å²) in [5.74, 6) is -0.103. The SMILES string of the molecule is Nc1cccn(C2CCCNC2=O)c1=O. The van der Waals surface area contributed by atoms with Crippen molar-refractivity contribution in [2.75, 3.05) is 12.3 Å². The van der Waals surface area contributed by atoms with Crippen LogP contribution in [0.2, 0.25) is 0 Å². The molecular weight excluding hydrogens is 194 g/mol. The van der Waals surface area contributed by atoms with Crippen LogP contribution in [-0.2, 0) is 4.79 Å². The Morgan fingerprint density at radius 2 is 2.27 bits per heavy atom. The molecule has 80 valence electrons. The zero-order valence-corrected chi connectivity index (χ0v) is 8.27. The summed E-state index contributed by atoms with van der Waals surface area (Å²) in [5, 5.41) is 2.74. The summed E-state index contributed by atoms with van der Waals surface area (Å²) in [6, 6.07) is 2.81. The molecule has 1 aromatic heterocycles. The lowest BCUT2D eigenvalue weighted by Crippen LogP contribution is -2.41. The van der Waals surface area contributed by atoms with Gasteiger partial charge in [-0.2, -0.15) is 0 Å². The average Bonchev–Trinajstić information content (AvgIpc) is 2.23. The number of nitrogens with two attached hydrogens (primary N) is 1. The van der Waals surface area contributed by atoms with E-state index < -0.39 is 6.04 Å². The Balaban J connectivity index is 2.40. The lowest BCUT2D eigenvalue weighted by Gasteiger charge is -2.23. The molecule has 1 atom stereocenters. The highest BCUT2D eigenvalue weighted by Gasteiger charge is 2.24. The van der Waals surface area contributed by atoms with Crippen molar-refractivity contribution < 1.29 is 4.79 Å². The maximum Gasteiger partial charge on any atom is 0.274 e. The Labute approximate surface area is 86.9 Å². The summed E-state index contributed by atoms with van der Waals surface area (Å²) in [5.41, 5.74) is 5.39. The second-order valence-electron chi connectivity index (χ2n) is 3.63. The number of pyridine rings is 1. The van der Waals surface area contributed by atoms with E-state index in [4.69, 9.17) is 5.73 Å². The first-order valence-corrected chi connectivity index (χ1v) is 4.94. The molecule has 0 saturated carbocycles. The van der Waals surface area contributed by atoms with E-state index in [0.717, 1.165) is 6.42 Å². The predicted octanol–water partition coefficient (Wildman–Crippen LogP) is -0.118. The zero-order chi connectivity index (χ0) is 10.8. The Kier molecular flexibility index (Phi) is 2.45. The third kappa shape index (κ3) is 1.72. The molecule has 1 aliphatic rings. The number of aromatic nitrogens is 1. The molecule has 1 amide bonds. The van der Waals surface area contributed by atoms with Gasteiger partial charge in [-0.05, 0) is 25.0 Å². The van der Waals surface area contributed by atoms with Gasteiger partial charge in [-0.25, -0.2) is 0 Å². The van der Waals surface area contributed by atoms with Crippen LogP contribution in [0.4, 0.5) is 5.69 Å². The molecular formula is C10H13N3O2. The Bertz CT molecular complexity index is 439. The summed E-state index contributed by atoms with van der Waals surface area (Å²) in [6.07, 6.45) is 3.18. The number of anilines is 1. The number of carbonyl (C=O) groups excluding carboxylic acids is 1. The van der Waals surface area contributed by atoms with Crippen molar-refractivity contribution in [2.45, 2.75) is 18.9 Å². The van der Waals surface area contributed by atoms with Gasteiger partial charge in [0.1, 0.15) is 6.04 Å². The molecule has 0 spiro atoms. The van der Waals surface area contributed by atoms with Crippen LogP contribution in [0.15, 0.2) is 23.1 Å². The number of carbonyl (C=O) groups is 1. The Morgan fingerprint density at radius 1 is 1.47 bits per heavy atom. The first kappa shape index (κ1) is 9.76. The molecule has 5 heteroatoms. The van der Waals surface area contributed by atoms with Crippen LogP contribution in [-0.4, -0.2) is 17.0 Å². The molecule has 1 fully saturated rings. The van der Waals surface area contributed by atoms with E-state index in [1.807, 2.05) is 0 Å². The second kappa shape index (κ2) is 3.76. The molecule has 1 saturated heterocycles. The summed E-state index contributed by atoms with van der Waals surface area (Å²) in [4.78, 5) is 23.2. The van der Waals surface area contributed by atoms with Crippen LogP contribution in [0, 0.1) is 0 Å². The van der Waals surface area contributed by atoms with Crippen LogP contribution < -0.4 is 16.6 Å². The molecule has 0 aromatic carbocycles. The Morgan fingerprint density at radius 3 is 3.00 bits per heavy atom. The van der Waals surface area contributed by atoms with E-state index in [1.165, 1.54) is 4.57 Å². The van der Waals surface area contributed by atoms with Gasteiger partial charge in [0.05, 0.1) is 5.69 Å². The minimum atomic E-state index is -0.408. The predicted molar refractivity (Wildman–Crippen MR) is 56.4 cm³/mol. The molecule has 15 heavy (non-hydrogen) atoms. The van der Waals surface area contributed by atoms with Crippen LogP contribution in [0.25, 0.3) is 0 Å². The number of amides is 1. The number of nitrogens with zero attached hydrogens (tertiary/aromatic N) is 1. The highest BCUT2D eigenvalue weighted by atomic mass is 16.2. The van der Waals surface area contributed by atoms with Crippen molar-refractivity contribution >= 4 is 11.6 Å². The van der Waals surface area contributed by atoms with Gasteiger partial charge >= 0.3 is 0 Å². The van der Waals surface area contributed by atoms with Gasteiger partial charge in [-0.1, -0.05) is 0 Å². The quantitative estimate of drug-likeness (QED) is 0.674. The number of piperidine rings is 1. The monoisotopic (exact) mass is 207 g/mol. The van der Waals surface area contributed by atoms with Gasteiger partial charge in [0.2, 0.25) is 5.91 Å². The number of hydrogen-bond donors (Lipinski definition) is 2. The van der Waals surface area contributed by atoms with E-state index in [2.05, 4.69) is 5.32 Å². The van der Waals surface area contributed by atoms with Crippen molar-refractivity contribution in [3.05, 3.63) is 28.7 Å². The minimum absolute atomic E-state index is 0.103. The number of hydrogen-bond acceptors (Lipinski definition) is 3. The van der Waals surface area contributed by atoms with Gasteiger partial charge in [0.25, 0.3) is 5.56 Å². The van der Waals surface area contributed by atoms with Crippen molar-refractivity contribution in [1.29, 1.82) is 0 Å². The zero-order valence-electron chi connectivity index (χ0n) is 8.27. The third-order valence-corrected chi connectivity index (χ3v) is 2.60. The summed E-state index contributed by atoms with van der Waals surface area (Å²) in [6.45, 7) is 0.687. The van der Waals surface area contributed by atoms with Gasteiger partial charge < -0.3 is 15.6 Å². The van der Waals surface area contributed by atoms with E-state index in [-0.39, 0.29) is 17.2 Å². The van der Waals surface area contributed by atoms with Crippen molar-refractivity contribution in [3.63, 3.8) is 0 Å². The highest BCUT2D eigenvalue weighted by molar-refractivity contribution is 5.81. The third-order valence-electron chi connectivity index (χ3n) is 2.60. The molecule has 5 nitrogen and oxygen atoms in total. The fraction of sp³-hybridized carbons (Fsp3) is 0.400.